The molecule has 104 valence electrons. The third-order valence-electron chi connectivity index (χ3n) is 2.96. The summed E-state index contributed by atoms with van der Waals surface area (Å²) in [6.45, 7) is 2.72. The minimum atomic E-state index is -0.497. The Morgan fingerprint density at radius 2 is 1.95 bits per heavy atom. The molecule has 2 rings (SSSR count). The van der Waals surface area contributed by atoms with Crippen LogP contribution in [0.15, 0.2) is 42.5 Å². The van der Waals surface area contributed by atoms with Crippen LogP contribution in [0.1, 0.15) is 21.5 Å². The lowest BCUT2D eigenvalue weighted by Crippen LogP contribution is -2.12. The van der Waals surface area contributed by atoms with Crippen LogP contribution in [0, 0.1) is 6.92 Å². The van der Waals surface area contributed by atoms with Crippen molar-refractivity contribution < 1.29 is 9.53 Å². The first kappa shape index (κ1) is 14.1. The van der Waals surface area contributed by atoms with Gasteiger partial charge in [-0.05, 0) is 32.2 Å². The number of hydrogen-bond acceptors (Lipinski definition) is 3. The molecular weight excluding hydrogens is 252 g/mol. The van der Waals surface area contributed by atoms with Gasteiger partial charge >= 0.3 is 0 Å². The molecule has 0 spiro atoms. The molecule has 0 bridgehead atoms. The number of benzene rings is 2. The number of nitrogens with two attached hydrogens (primary N) is 1. The Kier molecular flexibility index (Phi) is 4.38. The van der Waals surface area contributed by atoms with Gasteiger partial charge in [0.05, 0.1) is 5.56 Å². The molecular formula is C16H18N2O2. The predicted molar refractivity (Wildman–Crippen MR) is 79.0 cm³/mol. The van der Waals surface area contributed by atoms with Gasteiger partial charge in [-0.1, -0.05) is 29.8 Å². The van der Waals surface area contributed by atoms with Crippen LogP contribution in [0.2, 0.25) is 0 Å². The summed E-state index contributed by atoms with van der Waals surface area (Å²) in [5, 5.41) is 3.10. The third kappa shape index (κ3) is 3.16. The number of ether oxygens (including phenoxy) is 1. The quantitative estimate of drug-likeness (QED) is 0.877. The highest BCUT2D eigenvalue weighted by Crippen LogP contribution is 2.28. The summed E-state index contributed by atoms with van der Waals surface area (Å²) in [5.41, 5.74) is 7.93. The van der Waals surface area contributed by atoms with Crippen LogP contribution in [0.4, 0.5) is 0 Å². The molecule has 0 unspecified atom stereocenters. The molecule has 0 atom stereocenters. The van der Waals surface area contributed by atoms with Gasteiger partial charge in [0.25, 0.3) is 5.91 Å². The molecule has 2 aromatic carbocycles. The number of carbonyl (C=O) groups is 1. The van der Waals surface area contributed by atoms with Crippen molar-refractivity contribution >= 4 is 5.91 Å². The number of para-hydroxylation sites is 1. The highest BCUT2D eigenvalue weighted by Gasteiger charge is 2.11. The van der Waals surface area contributed by atoms with E-state index < -0.39 is 5.91 Å². The summed E-state index contributed by atoms with van der Waals surface area (Å²) >= 11 is 0. The van der Waals surface area contributed by atoms with E-state index in [4.69, 9.17) is 10.5 Å². The maximum atomic E-state index is 11.4. The van der Waals surface area contributed by atoms with Crippen LogP contribution in [-0.4, -0.2) is 13.0 Å². The average molecular weight is 270 g/mol. The number of rotatable bonds is 5. The highest BCUT2D eigenvalue weighted by molar-refractivity contribution is 5.95. The lowest BCUT2D eigenvalue weighted by atomic mass is 10.1. The van der Waals surface area contributed by atoms with E-state index in [0.717, 1.165) is 16.9 Å². The van der Waals surface area contributed by atoms with Crippen LogP contribution in [-0.2, 0) is 6.54 Å². The first-order chi connectivity index (χ1) is 9.61. The molecule has 4 nitrogen and oxygen atoms in total. The van der Waals surface area contributed by atoms with Crippen molar-refractivity contribution in [1.29, 1.82) is 0 Å². The van der Waals surface area contributed by atoms with E-state index in [1.54, 1.807) is 18.2 Å². The second kappa shape index (κ2) is 6.21. The number of carbonyl (C=O) groups excluding carboxylic acids is 1. The van der Waals surface area contributed by atoms with Crippen molar-refractivity contribution in [2.45, 2.75) is 13.5 Å². The van der Waals surface area contributed by atoms with Gasteiger partial charge in [0, 0.05) is 12.1 Å². The van der Waals surface area contributed by atoms with Crippen LogP contribution in [0.25, 0.3) is 0 Å². The van der Waals surface area contributed by atoms with E-state index in [2.05, 4.69) is 11.4 Å². The molecule has 4 heteroatoms. The van der Waals surface area contributed by atoms with E-state index in [0.29, 0.717) is 17.9 Å². The second-order valence-corrected chi connectivity index (χ2v) is 4.60. The van der Waals surface area contributed by atoms with Crippen LogP contribution in [0.3, 0.4) is 0 Å². The molecule has 0 heterocycles. The summed E-state index contributed by atoms with van der Waals surface area (Å²) in [4.78, 5) is 11.4. The van der Waals surface area contributed by atoms with E-state index in [1.807, 2.05) is 32.2 Å². The summed E-state index contributed by atoms with van der Waals surface area (Å²) in [6.07, 6.45) is 0. The molecule has 1 amide bonds. The summed E-state index contributed by atoms with van der Waals surface area (Å²) < 4.78 is 5.87. The van der Waals surface area contributed by atoms with E-state index in [9.17, 15) is 4.79 Å². The summed E-state index contributed by atoms with van der Waals surface area (Å²) in [6, 6.07) is 12.9. The minimum Gasteiger partial charge on any atom is -0.456 e. The molecule has 0 saturated heterocycles. The molecule has 0 saturated carbocycles. The van der Waals surface area contributed by atoms with Crippen molar-refractivity contribution in [2.75, 3.05) is 7.05 Å². The number of hydrogen-bond donors (Lipinski definition) is 2. The van der Waals surface area contributed by atoms with Crippen molar-refractivity contribution in [3.63, 3.8) is 0 Å². The van der Waals surface area contributed by atoms with E-state index in [-0.39, 0.29) is 0 Å². The number of primary amides is 1. The standard InChI is InChI=1S/C16H18N2O2/c1-11-7-8-14(12(9-11)10-18-2)20-15-6-4-3-5-13(15)16(17)19/h3-9,18H,10H2,1-2H3,(H2,17,19). The Hall–Kier alpha value is -2.33. The normalized spacial score (nSPS) is 10.3. The summed E-state index contributed by atoms with van der Waals surface area (Å²) in [5.74, 6) is 0.697. The maximum Gasteiger partial charge on any atom is 0.252 e. The fourth-order valence-corrected chi connectivity index (χ4v) is 2.01. The second-order valence-electron chi connectivity index (χ2n) is 4.60. The topological polar surface area (TPSA) is 64.3 Å². The Morgan fingerprint density at radius 3 is 2.65 bits per heavy atom. The zero-order valence-corrected chi connectivity index (χ0v) is 11.6. The van der Waals surface area contributed by atoms with Gasteiger partial charge in [0.15, 0.2) is 0 Å². The van der Waals surface area contributed by atoms with E-state index >= 15 is 0 Å². The third-order valence-corrected chi connectivity index (χ3v) is 2.96. The SMILES string of the molecule is CNCc1cc(C)ccc1Oc1ccccc1C(N)=O. The Labute approximate surface area is 118 Å². The first-order valence-electron chi connectivity index (χ1n) is 6.42. The monoisotopic (exact) mass is 270 g/mol. The fraction of sp³-hybridized carbons (Fsp3) is 0.188. The molecule has 0 aliphatic heterocycles. The van der Waals surface area contributed by atoms with Gasteiger partial charge in [0.2, 0.25) is 0 Å². The van der Waals surface area contributed by atoms with Gasteiger partial charge in [-0.25, -0.2) is 0 Å². The zero-order chi connectivity index (χ0) is 14.5. The van der Waals surface area contributed by atoms with Gasteiger partial charge in [-0.3, -0.25) is 4.79 Å². The van der Waals surface area contributed by atoms with Crippen molar-refractivity contribution in [3.05, 3.63) is 59.2 Å². The van der Waals surface area contributed by atoms with Gasteiger partial charge in [-0.2, -0.15) is 0 Å². The van der Waals surface area contributed by atoms with Crippen molar-refractivity contribution in [2.24, 2.45) is 5.73 Å². The fourth-order valence-electron chi connectivity index (χ4n) is 2.01. The Bertz CT molecular complexity index is 624. The largest absolute Gasteiger partial charge is 0.456 e. The Balaban J connectivity index is 2.37. The van der Waals surface area contributed by atoms with Gasteiger partial charge in [-0.15, -0.1) is 0 Å². The van der Waals surface area contributed by atoms with Crippen LogP contribution < -0.4 is 15.8 Å². The summed E-state index contributed by atoms with van der Waals surface area (Å²) in [7, 11) is 1.88. The molecule has 0 radical (unpaired) electrons. The van der Waals surface area contributed by atoms with Crippen molar-refractivity contribution in [3.8, 4) is 11.5 Å². The molecule has 0 fully saturated rings. The van der Waals surface area contributed by atoms with Crippen LogP contribution in [0.5, 0.6) is 11.5 Å². The van der Waals surface area contributed by atoms with Crippen LogP contribution >= 0.6 is 0 Å². The lowest BCUT2D eigenvalue weighted by Gasteiger charge is -2.13. The predicted octanol–water partition coefficient (Wildman–Crippen LogP) is 2.61. The lowest BCUT2D eigenvalue weighted by molar-refractivity contribution is 0.0998. The van der Waals surface area contributed by atoms with E-state index in [1.165, 1.54) is 0 Å². The molecule has 0 aliphatic rings. The van der Waals surface area contributed by atoms with Crippen molar-refractivity contribution in [1.82, 2.24) is 5.32 Å². The highest BCUT2D eigenvalue weighted by atomic mass is 16.5. The van der Waals surface area contributed by atoms with Gasteiger partial charge < -0.3 is 15.8 Å². The first-order valence-corrected chi connectivity index (χ1v) is 6.42. The maximum absolute atomic E-state index is 11.4. The smallest absolute Gasteiger partial charge is 0.252 e. The van der Waals surface area contributed by atoms with Gasteiger partial charge in [0.1, 0.15) is 11.5 Å². The zero-order valence-electron chi connectivity index (χ0n) is 11.6. The molecule has 0 aromatic heterocycles. The number of amides is 1. The number of nitrogens with one attached hydrogen (secondary N) is 1. The minimum absolute atomic E-state index is 0.378. The Morgan fingerprint density at radius 1 is 1.20 bits per heavy atom. The molecule has 3 N–H and O–H groups in total. The number of aryl methyl sites for hydroxylation is 1. The average Bonchev–Trinajstić information content (AvgIpc) is 2.42. The molecule has 20 heavy (non-hydrogen) atoms. The molecule has 0 aliphatic carbocycles. The molecule has 2 aromatic rings.